The minimum atomic E-state index is -0.414. The van der Waals surface area contributed by atoms with E-state index in [4.69, 9.17) is 11.6 Å². The maximum absolute atomic E-state index is 12.8. The molecule has 0 saturated carbocycles. The van der Waals surface area contributed by atoms with E-state index in [2.05, 4.69) is 15.3 Å². The summed E-state index contributed by atoms with van der Waals surface area (Å²) >= 11 is 5.85. The summed E-state index contributed by atoms with van der Waals surface area (Å²) in [5, 5.41) is 8.62. The standard InChI is InChI=1S/C20H16ClN5O2/c1-12-7-13(2)9-16(8-12)26-19-18(23-24-26)20(28)25(11-22-19)10-17(27)14-3-5-15(21)6-4-14/h3-9,11H,10H2,1-2H3. The fourth-order valence-corrected chi connectivity index (χ4v) is 3.21. The van der Waals surface area contributed by atoms with E-state index in [1.807, 2.05) is 32.0 Å². The summed E-state index contributed by atoms with van der Waals surface area (Å²) in [4.78, 5) is 29.5. The van der Waals surface area contributed by atoms with Crippen molar-refractivity contribution < 1.29 is 4.79 Å². The quantitative estimate of drug-likeness (QED) is 0.497. The summed E-state index contributed by atoms with van der Waals surface area (Å²) in [6.45, 7) is 3.83. The van der Waals surface area contributed by atoms with Crippen molar-refractivity contribution in [2.24, 2.45) is 0 Å². The number of aromatic nitrogens is 5. The van der Waals surface area contributed by atoms with E-state index in [-0.39, 0.29) is 17.8 Å². The molecule has 2 aromatic carbocycles. The molecule has 0 unspecified atom stereocenters. The van der Waals surface area contributed by atoms with Gasteiger partial charge in [-0.1, -0.05) is 22.9 Å². The number of halogens is 1. The van der Waals surface area contributed by atoms with Gasteiger partial charge in [0, 0.05) is 10.6 Å². The first-order chi connectivity index (χ1) is 13.4. The Balaban J connectivity index is 1.71. The molecule has 0 atom stereocenters. The maximum Gasteiger partial charge on any atom is 0.283 e. The minimum absolute atomic E-state index is 0.116. The third kappa shape index (κ3) is 3.32. The van der Waals surface area contributed by atoms with Crippen LogP contribution in [0.25, 0.3) is 16.9 Å². The van der Waals surface area contributed by atoms with Gasteiger partial charge in [-0.2, -0.15) is 4.68 Å². The summed E-state index contributed by atoms with van der Waals surface area (Å²) in [5.74, 6) is -0.221. The van der Waals surface area contributed by atoms with Crippen molar-refractivity contribution >= 4 is 28.5 Å². The van der Waals surface area contributed by atoms with Crippen LogP contribution >= 0.6 is 11.6 Å². The van der Waals surface area contributed by atoms with Gasteiger partial charge in [-0.15, -0.1) is 5.10 Å². The van der Waals surface area contributed by atoms with Crippen molar-refractivity contribution in [3.63, 3.8) is 0 Å². The van der Waals surface area contributed by atoms with Gasteiger partial charge in [0.2, 0.25) is 0 Å². The molecular formula is C20H16ClN5O2. The Morgan fingerprint density at radius 1 is 1.07 bits per heavy atom. The first-order valence-electron chi connectivity index (χ1n) is 8.60. The number of hydrogen-bond donors (Lipinski definition) is 0. The molecule has 0 aliphatic rings. The number of hydrogen-bond acceptors (Lipinski definition) is 5. The second-order valence-corrected chi connectivity index (χ2v) is 7.06. The molecule has 7 nitrogen and oxygen atoms in total. The third-order valence-electron chi connectivity index (χ3n) is 4.36. The molecule has 2 heterocycles. The third-order valence-corrected chi connectivity index (χ3v) is 4.61. The maximum atomic E-state index is 12.8. The molecule has 28 heavy (non-hydrogen) atoms. The van der Waals surface area contributed by atoms with Gasteiger partial charge in [0.15, 0.2) is 16.9 Å². The molecule has 4 rings (SSSR count). The fraction of sp³-hybridized carbons (Fsp3) is 0.150. The largest absolute Gasteiger partial charge is 0.292 e. The van der Waals surface area contributed by atoms with E-state index in [9.17, 15) is 9.59 Å². The number of fused-ring (bicyclic) bond motifs is 1. The highest BCUT2D eigenvalue weighted by Gasteiger charge is 2.16. The lowest BCUT2D eigenvalue weighted by atomic mass is 10.1. The predicted molar refractivity (Wildman–Crippen MR) is 106 cm³/mol. The topological polar surface area (TPSA) is 82.7 Å². The zero-order valence-corrected chi connectivity index (χ0v) is 16.0. The molecule has 0 bridgehead atoms. The monoisotopic (exact) mass is 393 g/mol. The molecule has 4 aromatic rings. The Labute approximate surface area is 165 Å². The van der Waals surface area contributed by atoms with Crippen LogP contribution in [0.15, 0.2) is 53.6 Å². The number of carbonyl (C=O) groups excluding carboxylic acids is 1. The van der Waals surface area contributed by atoms with Crippen LogP contribution in [0.3, 0.4) is 0 Å². The van der Waals surface area contributed by atoms with E-state index in [1.165, 1.54) is 15.6 Å². The van der Waals surface area contributed by atoms with E-state index in [1.54, 1.807) is 24.3 Å². The van der Waals surface area contributed by atoms with Gasteiger partial charge in [-0.3, -0.25) is 14.2 Å². The fourth-order valence-electron chi connectivity index (χ4n) is 3.09. The van der Waals surface area contributed by atoms with Gasteiger partial charge in [0.25, 0.3) is 5.56 Å². The van der Waals surface area contributed by atoms with Gasteiger partial charge < -0.3 is 0 Å². The van der Waals surface area contributed by atoms with Crippen molar-refractivity contribution in [3.05, 3.63) is 80.9 Å². The average Bonchev–Trinajstić information content (AvgIpc) is 3.08. The van der Waals surface area contributed by atoms with Gasteiger partial charge in [-0.25, -0.2) is 4.98 Å². The van der Waals surface area contributed by atoms with Crippen LogP contribution in [-0.4, -0.2) is 30.3 Å². The number of rotatable bonds is 4. The van der Waals surface area contributed by atoms with Crippen molar-refractivity contribution in [1.82, 2.24) is 24.5 Å². The molecule has 0 radical (unpaired) electrons. The highest BCUT2D eigenvalue weighted by Crippen LogP contribution is 2.16. The zero-order chi connectivity index (χ0) is 19.8. The molecule has 0 spiro atoms. The Hall–Kier alpha value is -3.32. The number of benzene rings is 2. The lowest BCUT2D eigenvalue weighted by Gasteiger charge is -2.06. The van der Waals surface area contributed by atoms with Crippen LogP contribution in [-0.2, 0) is 6.54 Å². The molecule has 2 aromatic heterocycles. The van der Waals surface area contributed by atoms with E-state index >= 15 is 0 Å². The smallest absolute Gasteiger partial charge is 0.283 e. The number of aryl methyl sites for hydroxylation is 2. The molecular weight excluding hydrogens is 378 g/mol. The van der Waals surface area contributed by atoms with Crippen LogP contribution in [0.2, 0.25) is 5.02 Å². The summed E-state index contributed by atoms with van der Waals surface area (Å²) in [7, 11) is 0. The lowest BCUT2D eigenvalue weighted by Crippen LogP contribution is -2.25. The van der Waals surface area contributed by atoms with E-state index < -0.39 is 5.56 Å². The molecule has 0 N–H and O–H groups in total. The first kappa shape index (κ1) is 18.1. The molecule has 140 valence electrons. The molecule has 0 saturated heterocycles. The van der Waals surface area contributed by atoms with Crippen LogP contribution in [0.4, 0.5) is 0 Å². The van der Waals surface area contributed by atoms with Crippen LogP contribution in [0, 0.1) is 13.8 Å². The highest BCUT2D eigenvalue weighted by atomic mass is 35.5. The van der Waals surface area contributed by atoms with Crippen molar-refractivity contribution in [1.29, 1.82) is 0 Å². The second-order valence-electron chi connectivity index (χ2n) is 6.63. The first-order valence-corrected chi connectivity index (χ1v) is 8.98. The van der Waals surface area contributed by atoms with Gasteiger partial charge in [0.05, 0.1) is 12.2 Å². The van der Waals surface area contributed by atoms with E-state index in [0.717, 1.165) is 16.8 Å². The molecule has 0 aliphatic carbocycles. The van der Waals surface area contributed by atoms with Crippen LogP contribution in [0.1, 0.15) is 21.5 Å². The lowest BCUT2D eigenvalue weighted by molar-refractivity contribution is 0.0970. The Bertz CT molecular complexity index is 1240. The molecule has 0 amide bonds. The second kappa shape index (κ2) is 7.01. The van der Waals surface area contributed by atoms with Crippen molar-refractivity contribution in [2.45, 2.75) is 20.4 Å². The van der Waals surface area contributed by atoms with Crippen molar-refractivity contribution in [2.75, 3.05) is 0 Å². The number of carbonyl (C=O) groups is 1. The van der Waals surface area contributed by atoms with E-state index in [0.29, 0.717) is 16.2 Å². The Morgan fingerprint density at radius 2 is 1.75 bits per heavy atom. The van der Waals surface area contributed by atoms with Gasteiger partial charge in [-0.05, 0) is 61.4 Å². The van der Waals surface area contributed by atoms with Gasteiger partial charge >= 0.3 is 0 Å². The van der Waals surface area contributed by atoms with Crippen LogP contribution < -0.4 is 5.56 Å². The SMILES string of the molecule is Cc1cc(C)cc(-n2nnc3c(=O)n(CC(=O)c4ccc(Cl)cc4)cnc32)c1. The normalized spacial score (nSPS) is 11.1. The minimum Gasteiger partial charge on any atom is -0.292 e. The number of nitrogens with zero attached hydrogens (tertiary/aromatic N) is 5. The number of ketones is 1. The Morgan fingerprint density at radius 3 is 2.43 bits per heavy atom. The van der Waals surface area contributed by atoms with Crippen molar-refractivity contribution in [3.8, 4) is 5.69 Å². The summed E-state index contributed by atoms with van der Waals surface area (Å²) < 4.78 is 2.77. The highest BCUT2D eigenvalue weighted by molar-refractivity contribution is 6.30. The number of Topliss-reactive ketones (excluding diaryl/α,β-unsaturated/α-hetero) is 1. The average molecular weight is 394 g/mol. The molecule has 8 heteroatoms. The summed E-state index contributed by atoms with van der Waals surface area (Å²) in [5.41, 5.74) is 3.44. The molecule has 0 aliphatic heterocycles. The summed E-state index contributed by atoms with van der Waals surface area (Å²) in [6, 6.07) is 12.4. The summed E-state index contributed by atoms with van der Waals surface area (Å²) in [6.07, 6.45) is 1.35. The van der Waals surface area contributed by atoms with Crippen LogP contribution in [0.5, 0.6) is 0 Å². The molecule has 0 fully saturated rings. The zero-order valence-electron chi connectivity index (χ0n) is 15.3. The van der Waals surface area contributed by atoms with Gasteiger partial charge in [0.1, 0.15) is 6.33 Å². The Kier molecular flexibility index (Phi) is 4.52. The predicted octanol–water partition coefficient (Wildman–Crippen LogP) is 3.13.